The van der Waals surface area contributed by atoms with Gasteiger partial charge in [0.2, 0.25) is 0 Å². The van der Waals surface area contributed by atoms with Gasteiger partial charge in [0.1, 0.15) is 11.8 Å². The fourth-order valence-electron chi connectivity index (χ4n) is 0.630. The molecule has 0 fully saturated rings. The van der Waals surface area contributed by atoms with Gasteiger partial charge in [-0.3, -0.25) is 0 Å². The lowest BCUT2D eigenvalue weighted by molar-refractivity contribution is 0.484. The van der Waals surface area contributed by atoms with E-state index in [9.17, 15) is 4.39 Å². The second kappa shape index (κ2) is 3.97. The van der Waals surface area contributed by atoms with Gasteiger partial charge in [-0.1, -0.05) is 46.4 Å². The van der Waals surface area contributed by atoms with Crippen molar-refractivity contribution in [3.8, 4) is 0 Å². The fraction of sp³-hybridized carbons (Fsp3) is 0.167. The number of aromatic nitrogens is 1. The van der Waals surface area contributed by atoms with E-state index in [1.807, 2.05) is 0 Å². The second-order valence-electron chi connectivity index (χ2n) is 1.93. The van der Waals surface area contributed by atoms with Gasteiger partial charge >= 0.3 is 0 Å². The SMILES string of the molecule is FCc1c(Cl)nc(Cl)c(Cl)c1Cl. The summed E-state index contributed by atoms with van der Waals surface area (Å²) < 4.78 is 12.2. The monoisotopic (exact) mass is 247 g/mol. The van der Waals surface area contributed by atoms with E-state index in [4.69, 9.17) is 46.4 Å². The zero-order valence-corrected chi connectivity index (χ0v) is 8.57. The van der Waals surface area contributed by atoms with Crippen molar-refractivity contribution in [1.29, 1.82) is 0 Å². The fourth-order valence-corrected chi connectivity index (χ4v) is 1.56. The molecule has 1 nitrogen and oxygen atoms in total. The van der Waals surface area contributed by atoms with Crippen LogP contribution in [0.1, 0.15) is 5.56 Å². The summed E-state index contributed by atoms with van der Waals surface area (Å²) in [6, 6.07) is 0. The van der Waals surface area contributed by atoms with Gasteiger partial charge in [0.15, 0.2) is 5.15 Å². The maximum atomic E-state index is 12.2. The summed E-state index contributed by atoms with van der Waals surface area (Å²) in [6.07, 6.45) is 0. The van der Waals surface area contributed by atoms with Crippen LogP contribution in [0, 0.1) is 0 Å². The smallest absolute Gasteiger partial charge is 0.150 e. The van der Waals surface area contributed by atoms with Gasteiger partial charge < -0.3 is 0 Å². The first-order valence-corrected chi connectivity index (χ1v) is 4.34. The van der Waals surface area contributed by atoms with E-state index >= 15 is 0 Å². The molecule has 0 unspecified atom stereocenters. The summed E-state index contributed by atoms with van der Waals surface area (Å²) in [5.41, 5.74) is 0.0627. The van der Waals surface area contributed by atoms with Crippen molar-refractivity contribution in [2.75, 3.05) is 0 Å². The van der Waals surface area contributed by atoms with Crippen LogP contribution in [0.25, 0.3) is 0 Å². The molecular weight excluding hydrogens is 247 g/mol. The molecule has 0 aliphatic heterocycles. The third kappa shape index (κ3) is 1.77. The second-order valence-corrected chi connectivity index (χ2v) is 3.41. The maximum absolute atomic E-state index is 12.2. The van der Waals surface area contributed by atoms with Gasteiger partial charge in [-0.15, -0.1) is 0 Å². The van der Waals surface area contributed by atoms with Crippen molar-refractivity contribution in [3.05, 3.63) is 25.9 Å². The van der Waals surface area contributed by atoms with Crippen LogP contribution in [0.15, 0.2) is 0 Å². The largest absolute Gasteiger partial charge is 0.246 e. The molecule has 1 aromatic rings. The summed E-state index contributed by atoms with van der Waals surface area (Å²) in [5.74, 6) is 0. The van der Waals surface area contributed by atoms with Gasteiger partial charge in [-0.05, 0) is 0 Å². The van der Waals surface area contributed by atoms with Crippen LogP contribution >= 0.6 is 46.4 Å². The lowest BCUT2D eigenvalue weighted by Gasteiger charge is -2.04. The van der Waals surface area contributed by atoms with Crippen LogP contribution in [0.2, 0.25) is 20.4 Å². The zero-order chi connectivity index (χ0) is 9.30. The maximum Gasteiger partial charge on any atom is 0.150 e. The van der Waals surface area contributed by atoms with Crippen LogP contribution in [-0.2, 0) is 6.67 Å². The highest BCUT2D eigenvalue weighted by Gasteiger charge is 2.14. The van der Waals surface area contributed by atoms with E-state index in [0.717, 1.165) is 0 Å². The molecule has 1 aromatic heterocycles. The number of hydrogen-bond acceptors (Lipinski definition) is 1. The summed E-state index contributed by atoms with van der Waals surface area (Å²) in [6.45, 7) is -0.818. The Bertz CT molecular complexity index is 315. The highest BCUT2D eigenvalue weighted by atomic mass is 35.5. The zero-order valence-electron chi connectivity index (χ0n) is 5.54. The molecule has 1 heterocycles. The van der Waals surface area contributed by atoms with Crippen molar-refractivity contribution in [2.24, 2.45) is 0 Å². The van der Waals surface area contributed by atoms with Crippen molar-refractivity contribution < 1.29 is 4.39 Å². The van der Waals surface area contributed by atoms with Crippen molar-refractivity contribution in [3.63, 3.8) is 0 Å². The highest BCUT2D eigenvalue weighted by molar-refractivity contribution is 6.48. The number of pyridine rings is 1. The normalized spacial score (nSPS) is 10.4. The summed E-state index contributed by atoms with van der Waals surface area (Å²) >= 11 is 22.2. The molecule has 0 atom stereocenters. The average Bonchev–Trinajstić information content (AvgIpc) is 2.01. The van der Waals surface area contributed by atoms with Crippen molar-refractivity contribution in [1.82, 2.24) is 4.98 Å². The minimum atomic E-state index is -0.818. The lowest BCUT2D eigenvalue weighted by atomic mass is 10.3. The van der Waals surface area contributed by atoms with Gasteiger partial charge in [-0.2, -0.15) is 0 Å². The van der Waals surface area contributed by atoms with Crippen LogP contribution in [0.3, 0.4) is 0 Å². The van der Waals surface area contributed by atoms with E-state index in [1.165, 1.54) is 0 Å². The Morgan fingerprint density at radius 2 is 1.58 bits per heavy atom. The Labute approximate surface area is 88.4 Å². The lowest BCUT2D eigenvalue weighted by Crippen LogP contribution is -1.89. The molecule has 0 amide bonds. The predicted molar refractivity (Wildman–Crippen MR) is 49.1 cm³/mol. The Kier molecular flexibility index (Phi) is 3.41. The Balaban J connectivity index is 3.40. The predicted octanol–water partition coefficient (Wildman–Crippen LogP) is 4.16. The molecule has 6 heteroatoms. The molecule has 0 radical (unpaired) electrons. The van der Waals surface area contributed by atoms with E-state index in [-0.39, 0.29) is 25.9 Å². The molecule has 0 saturated heterocycles. The molecular formula is C6H2Cl4FN. The molecule has 0 bridgehead atoms. The van der Waals surface area contributed by atoms with E-state index < -0.39 is 6.67 Å². The third-order valence-electron chi connectivity index (χ3n) is 1.22. The molecule has 0 spiro atoms. The average molecular weight is 249 g/mol. The van der Waals surface area contributed by atoms with Gasteiger partial charge in [0.05, 0.1) is 10.0 Å². The van der Waals surface area contributed by atoms with Crippen molar-refractivity contribution >= 4 is 46.4 Å². The van der Waals surface area contributed by atoms with E-state index in [0.29, 0.717) is 0 Å². The molecule has 1 rings (SSSR count). The molecule has 0 saturated carbocycles. The number of rotatable bonds is 1. The molecule has 0 N–H and O–H groups in total. The minimum absolute atomic E-state index is 0.0177. The standard InChI is InChI=1S/C6H2Cl4FN/c7-3-2(1-11)5(9)12-6(10)4(3)8/h1H2. The van der Waals surface area contributed by atoms with Gasteiger partial charge in [-0.25, -0.2) is 9.37 Å². The molecule has 0 aliphatic carbocycles. The van der Waals surface area contributed by atoms with E-state index in [2.05, 4.69) is 4.98 Å². The van der Waals surface area contributed by atoms with Crippen molar-refractivity contribution in [2.45, 2.75) is 6.67 Å². The Morgan fingerprint density at radius 1 is 1.00 bits per heavy atom. The van der Waals surface area contributed by atoms with Crippen LogP contribution < -0.4 is 0 Å². The molecule has 0 aliphatic rings. The first-order chi connectivity index (χ1) is 5.57. The summed E-state index contributed by atoms with van der Waals surface area (Å²) in [4.78, 5) is 3.58. The Hall–Kier alpha value is 0.240. The van der Waals surface area contributed by atoms with Crippen LogP contribution in [0.4, 0.5) is 4.39 Å². The first-order valence-electron chi connectivity index (χ1n) is 2.82. The third-order valence-corrected chi connectivity index (χ3v) is 2.78. The summed E-state index contributed by atoms with van der Waals surface area (Å²) in [5, 5.41) is -0.0414. The number of nitrogens with zero attached hydrogens (tertiary/aromatic N) is 1. The van der Waals surface area contributed by atoms with Gasteiger partial charge in [0, 0.05) is 5.56 Å². The summed E-state index contributed by atoms with van der Waals surface area (Å²) in [7, 11) is 0. The molecule has 66 valence electrons. The number of alkyl halides is 1. The molecule has 12 heavy (non-hydrogen) atoms. The van der Waals surface area contributed by atoms with Gasteiger partial charge in [0.25, 0.3) is 0 Å². The van der Waals surface area contributed by atoms with Crippen LogP contribution in [0.5, 0.6) is 0 Å². The van der Waals surface area contributed by atoms with E-state index in [1.54, 1.807) is 0 Å². The highest BCUT2D eigenvalue weighted by Crippen LogP contribution is 2.35. The number of hydrogen-bond donors (Lipinski definition) is 0. The topological polar surface area (TPSA) is 12.9 Å². The Morgan fingerprint density at radius 3 is 2.08 bits per heavy atom. The quantitative estimate of drug-likeness (QED) is 0.680. The minimum Gasteiger partial charge on any atom is -0.246 e. The first kappa shape index (κ1) is 10.3. The molecule has 0 aromatic carbocycles. The van der Waals surface area contributed by atoms with Crippen LogP contribution in [-0.4, -0.2) is 4.98 Å². The number of halogens is 5.